The van der Waals surface area contributed by atoms with Gasteiger partial charge in [-0.3, -0.25) is 14.9 Å². The van der Waals surface area contributed by atoms with Crippen molar-refractivity contribution in [3.8, 4) is 0 Å². The molecule has 0 aliphatic carbocycles. The van der Waals surface area contributed by atoms with Crippen LogP contribution in [0.4, 0.5) is 11.5 Å². The van der Waals surface area contributed by atoms with Gasteiger partial charge >= 0.3 is 0 Å². The van der Waals surface area contributed by atoms with Crippen molar-refractivity contribution in [2.75, 3.05) is 25.6 Å². The molecule has 8 heteroatoms. The molecular weight excluding hydrogens is 276 g/mol. The summed E-state index contributed by atoms with van der Waals surface area (Å²) >= 11 is 0. The zero-order valence-electron chi connectivity index (χ0n) is 12.0. The first-order valence-corrected chi connectivity index (χ1v) is 6.68. The number of nitrogens with one attached hydrogen (secondary N) is 2. The number of anilines is 1. The molecule has 0 spiro atoms. The summed E-state index contributed by atoms with van der Waals surface area (Å²) in [5.41, 5.74) is -0.534. The zero-order chi connectivity index (χ0) is 15.5. The fourth-order valence-electron chi connectivity index (χ4n) is 2.30. The first-order chi connectivity index (χ1) is 9.95. The van der Waals surface area contributed by atoms with Crippen LogP contribution < -0.4 is 10.6 Å². The molecule has 1 saturated heterocycles. The Labute approximate surface area is 122 Å². The molecular formula is C13H18N4O4. The summed E-state index contributed by atoms with van der Waals surface area (Å²) in [5, 5.41) is 16.5. The molecule has 1 aliphatic heterocycles. The lowest BCUT2D eigenvalue weighted by Crippen LogP contribution is -2.51. The van der Waals surface area contributed by atoms with Gasteiger partial charge in [0, 0.05) is 19.7 Å². The van der Waals surface area contributed by atoms with Crippen molar-refractivity contribution >= 4 is 17.4 Å². The van der Waals surface area contributed by atoms with Gasteiger partial charge in [0.2, 0.25) is 0 Å². The van der Waals surface area contributed by atoms with Gasteiger partial charge < -0.3 is 15.4 Å². The molecule has 114 valence electrons. The van der Waals surface area contributed by atoms with Crippen LogP contribution >= 0.6 is 0 Å². The Bertz CT molecular complexity index is 555. The molecule has 1 fully saturated rings. The fourth-order valence-corrected chi connectivity index (χ4v) is 2.30. The number of amides is 1. The number of nitrogens with zero attached hydrogens (tertiary/aromatic N) is 2. The van der Waals surface area contributed by atoms with E-state index >= 15 is 0 Å². The van der Waals surface area contributed by atoms with Gasteiger partial charge in [-0.05, 0) is 19.8 Å². The highest BCUT2D eigenvalue weighted by molar-refractivity contribution is 5.99. The molecule has 2 heterocycles. The van der Waals surface area contributed by atoms with E-state index in [1.807, 2.05) is 6.92 Å². The summed E-state index contributed by atoms with van der Waals surface area (Å²) in [6.45, 7) is 3.01. The van der Waals surface area contributed by atoms with Crippen molar-refractivity contribution in [3.63, 3.8) is 0 Å². The number of carbonyl (C=O) groups is 1. The van der Waals surface area contributed by atoms with E-state index in [1.54, 1.807) is 7.05 Å². The largest absolute Gasteiger partial charge is 0.379 e. The third-order valence-electron chi connectivity index (χ3n) is 3.42. The highest BCUT2D eigenvalue weighted by Crippen LogP contribution is 2.22. The Hall–Kier alpha value is -2.22. The SMILES string of the molecule is CNc1ncc([N+](=O)[O-])cc1C(=O)NC1(C)CCCOC1. The van der Waals surface area contributed by atoms with E-state index in [4.69, 9.17) is 4.74 Å². The van der Waals surface area contributed by atoms with Crippen molar-refractivity contribution in [1.29, 1.82) is 0 Å². The average molecular weight is 294 g/mol. The minimum Gasteiger partial charge on any atom is -0.379 e. The summed E-state index contributed by atoms with van der Waals surface area (Å²) in [5.74, 6) is -0.0954. The van der Waals surface area contributed by atoms with Crippen LogP contribution in [0.2, 0.25) is 0 Å². The maximum Gasteiger partial charge on any atom is 0.288 e. The van der Waals surface area contributed by atoms with Crippen molar-refractivity contribution in [2.24, 2.45) is 0 Å². The quantitative estimate of drug-likeness (QED) is 0.641. The molecule has 1 amide bonds. The molecule has 1 aromatic heterocycles. The van der Waals surface area contributed by atoms with Gasteiger partial charge in [-0.2, -0.15) is 0 Å². The van der Waals surface area contributed by atoms with E-state index in [0.717, 1.165) is 19.0 Å². The van der Waals surface area contributed by atoms with Crippen molar-refractivity contribution in [1.82, 2.24) is 10.3 Å². The number of hydrogen-bond donors (Lipinski definition) is 2. The smallest absolute Gasteiger partial charge is 0.288 e. The monoisotopic (exact) mass is 294 g/mol. The third kappa shape index (κ3) is 3.46. The number of ether oxygens (including phenoxy) is 1. The Morgan fingerprint density at radius 3 is 2.90 bits per heavy atom. The molecule has 0 aromatic carbocycles. The molecule has 2 N–H and O–H groups in total. The summed E-state index contributed by atoms with van der Waals surface area (Å²) in [6, 6.07) is 1.22. The van der Waals surface area contributed by atoms with Gasteiger partial charge in [0.05, 0.1) is 22.6 Å². The van der Waals surface area contributed by atoms with Crippen LogP contribution in [0, 0.1) is 10.1 Å². The summed E-state index contributed by atoms with van der Waals surface area (Å²) in [6.07, 6.45) is 2.78. The molecule has 21 heavy (non-hydrogen) atoms. The van der Waals surface area contributed by atoms with Crippen LogP contribution in [0.1, 0.15) is 30.1 Å². The van der Waals surface area contributed by atoms with Crippen LogP contribution in [0.5, 0.6) is 0 Å². The van der Waals surface area contributed by atoms with Crippen LogP contribution in [-0.4, -0.2) is 41.6 Å². The predicted octanol–water partition coefficient (Wildman–Crippen LogP) is 1.33. The van der Waals surface area contributed by atoms with Gasteiger partial charge in [0.1, 0.15) is 12.0 Å². The van der Waals surface area contributed by atoms with Gasteiger partial charge in [0.25, 0.3) is 11.6 Å². The highest BCUT2D eigenvalue weighted by Gasteiger charge is 2.31. The molecule has 0 saturated carbocycles. The number of carbonyl (C=O) groups excluding carboxylic acids is 1. The standard InChI is InChI=1S/C13H18N4O4/c1-13(4-3-5-21-8-13)16-12(18)10-6-9(17(19)20)7-15-11(10)14-2/h6-7H,3-5,8H2,1-2H3,(H,14,15)(H,16,18). The van der Waals surface area contributed by atoms with E-state index in [1.165, 1.54) is 6.07 Å². The van der Waals surface area contributed by atoms with Crippen LogP contribution in [0.3, 0.4) is 0 Å². The molecule has 1 aromatic rings. The van der Waals surface area contributed by atoms with Gasteiger partial charge in [-0.1, -0.05) is 0 Å². The Morgan fingerprint density at radius 2 is 2.33 bits per heavy atom. The number of rotatable bonds is 4. The first kappa shape index (κ1) is 15.2. The van der Waals surface area contributed by atoms with E-state index in [0.29, 0.717) is 19.0 Å². The van der Waals surface area contributed by atoms with E-state index in [-0.39, 0.29) is 11.3 Å². The summed E-state index contributed by atoms with van der Waals surface area (Å²) in [4.78, 5) is 26.6. The van der Waals surface area contributed by atoms with Crippen LogP contribution in [0.25, 0.3) is 0 Å². The highest BCUT2D eigenvalue weighted by atomic mass is 16.6. The topological polar surface area (TPSA) is 106 Å². The van der Waals surface area contributed by atoms with Gasteiger partial charge in [-0.15, -0.1) is 0 Å². The maximum absolute atomic E-state index is 12.4. The van der Waals surface area contributed by atoms with E-state index in [2.05, 4.69) is 15.6 Å². The third-order valence-corrected chi connectivity index (χ3v) is 3.42. The first-order valence-electron chi connectivity index (χ1n) is 6.68. The maximum atomic E-state index is 12.4. The molecule has 0 radical (unpaired) electrons. The molecule has 0 bridgehead atoms. The van der Waals surface area contributed by atoms with Crippen LogP contribution in [0.15, 0.2) is 12.3 Å². The molecule has 2 rings (SSSR count). The van der Waals surface area contributed by atoms with Gasteiger partial charge in [-0.25, -0.2) is 4.98 Å². The lowest BCUT2D eigenvalue weighted by atomic mass is 9.94. The molecule has 1 atom stereocenters. The Balaban J connectivity index is 2.24. The second-order valence-electron chi connectivity index (χ2n) is 5.27. The molecule has 1 unspecified atom stereocenters. The van der Waals surface area contributed by atoms with Crippen molar-refractivity contribution in [2.45, 2.75) is 25.3 Å². The number of aromatic nitrogens is 1. The normalized spacial score (nSPS) is 21.6. The zero-order valence-corrected chi connectivity index (χ0v) is 12.0. The minimum absolute atomic E-state index is 0.151. The van der Waals surface area contributed by atoms with E-state index in [9.17, 15) is 14.9 Å². The predicted molar refractivity (Wildman–Crippen MR) is 76.4 cm³/mol. The van der Waals surface area contributed by atoms with Crippen molar-refractivity contribution in [3.05, 3.63) is 27.9 Å². The number of pyridine rings is 1. The lowest BCUT2D eigenvalue weighted by molar-refractivity contribution is -0.385. The second kappa shape index (κ2) is 6.04. The number of nitro groups is 1. The van der Waals surface area contributed by atoms with Crippen LogP contribution in [-0.2, 0) is 4.74 Å². The van der Waals surface area contributed by atoms with Crippen molar-refractivity contribution < 1.29 is 14.5 Å². The van der Waals surface area contributed by atoms with Gasteiger partial charge in [0.15, 0.2) is 0 Å². The molecule has 1 aliphatic rings. The lowest BCUT2D eigenvalue weighted by Gasteiger charge is -2.34. The Morgan fingerprint density at radius 1 is 1.57 bits per heavy atom. The fraction of sp³-hybridized carbons (Fsp3) is 0.538. The summed E-state index contributed by atoms with van der Waals surface area (Å²) < 4.78 is 5.39. The average Bonchev–Trinajstić information content (AvgIpc) is 2.46. The Kier molecular flexibility index (Phi) is 4.37. The summed E-state index contributed by atoms with van der Waals surface area (Å²) in [7, 11) is 1.61. The minimum atomic E-state index is -0.575. The second-order valence-corrected chi connectivity index (χ2v) is 5.27. The number of hydrogen-bond acceptors (Lipinski definition) is 6. The molecule has 8 nitrogen and oxygen atoms in total. The van der Waals surface area contributed by atoms with E-state index < -0.39 is 16.4 Å².